The van der Waals surface area contributed by atoms with E-state index in [9.17, 15) is 9.59 Å². The minimum Gasteiger partial charge on any atom is -0.493 e. The van der Waals surface area contributed by atoms with Gasteiger partial charge in [0.2, 0.25) is 12.3 Å². The zero-order valence-corrected chi connectivity index (χ0v) is 14.4. The van der Waals surface area contributed by atoms with E-state index in [1.807, 2.05) is 23.6 Å². The summed E-state index contributed by atoms with van der Waals surface area (Å²) in [6.45, 7) is 0. The number of hydrogen-bond acceptors (Lipinski definition) is 5. The van der Waals surface area contributed by atoms with Gasteiger partial charge in [-0.3, -0.25) is 9.59 Å². The van der Waals surface area contributed by atoms with E-state index in [1.165, 1.54) is 11.3 Å². The molecular formula is C17H20N2O4S. The van der Waals surface area contributed by atoms with E-state index >= 15 is 0 Å². The van der Waals surface area contributed by atoms with Gasteiger partial charge in [0.25, 0.3) is 0 Å². The molecule has 0 aliphatic carbocycles. The zero-order valence-electron chi connectivity index (χ0n) is 13.6. The Hall–Kier alpha value is -2.54. The maximum absolute atomic E-state index is 12.1. The molecule has 0 saturated heterocycles. The summed E-state index contributed by atoms with van der Waals surface area (Å²) in [6.07, 6.45) is 1.39. The lowest BCUT2D eigenvalue weighted by molar-refractivity contribution is -0.128. The van der Waals surface area contributed by atoms with Crippen LogP contribution < -0.4 is 20.5 Å². The first-order chi connectivity index (χ1) is 11.6. The molecule has 1 heterocycles. The van der Waals surface area contributed by atoms with Gasteiger partial charge in [-0.2, -0.15) is 0 Å². The maximum Gasteiger partial charge on any atom is 0.248 e. The summed E-state index contributed by atoms with van der Waals surface area (Å²) in [6, 6.07) is 9.15. The molecule has 6 nitrogen and oxygen atoms in total. The van der Waals surface area contributed by atoms with E-state index in [0.29, 0.717) is 35.6 Å². The van der Waals surface area contributed by atoms with Crippen LogP contribution in [0.3, 0.4) is 0 Å². The molecule has 128 valence electrons. The Balaban J connectivity index is 2.28. The van der Waals surface area contributed by atoms with Crippen molar-refractivity contribution in [2.75, 3.05) is 14.2 Å². The molecule has 2 rings (SSSR count). The molecule has 24 heavy (non-hydrogen) atoms. The topological polar surface area (TPSA) is 90.6 Å². The van der Waals surface area contributed by atoms with E-state index in [4.69, 9.17) is 15.2 Å². The smallest absolute Gasteiger partial charge is 0.248 e. The van der Waals surface area contributed by atoms with Gasteiger partial charge >= 0.3 is 0 Å². The van der Waals surface area contributed by atoms with E-state index in [2.05, 4.69) is 5.32 Å². The minimum atomic E-state index is -1.22. The number of carbonyl (C=O) groups is 2. The van der Waals surface area contributed by atoms with Crippen LogP contribution >= 0.6 is 11.3 Å². The van der Waals surface area contributed by atoms with Gasteiger partial charge in [0.15, 0.2) is 17.0 Å². The van der Waals surface area contributed by atoms with Crippen molar-refractivity contribution in [3.8, 4) is 11.5 Å². The van der Waals surface area contributed by atoms with E-state index < -0.39 is 11.4 Å². The van der Waals surface area contributed by atoms with Crippen LogP contribution in [-0.4, -0.2) is 26.5 Å². The van der Waals surface area contributed by atoms with Crippen molar-refractivity contribution < 1.29 is 19.1 Å². The molecule has 1 aromatic heterocycles. The number of hydrogen-bond donors (Lipinski definition) is 2. The fraction of sp³-hybridized carbons (Fsp3) is 0.294. The molecule has 0 fully saturated rings. The number of methoxy groups -OCH3 is 2. The highest BCUT2D eigenvalue weighted by Gasteiger charge is 2.38. The van der Waals surface area contributed by atoms with Gasteiger partial charge in [0, 0.05) is 4.88 Å². The van der Waals surface area contributed by atoms with Gasteiger partial charge in [0.05, 0.1) is 14.2 Å². The Kier molecular flexibility index (Phi) is 5.81. The van der Waals surface area contributed by atoms with Crippen LogP contribution in [0, 0.1) is 0 Å². The number of carbonyl (C=O) groups excluding carboxylic acids is 2. The number of ether oxygens (including phenoxy) is 2. The van der Waals surface area contributed by atoms with Crippen molar-refractivity contribution in [3.63, 3.8) is 0 Å². The van der Waals surface area contributed by atoms with Crippen molar-refractivity contribution in [1.29, 1.82) is 0 Å². The van der Waals surface area contributed by atoms with Gasteiger partial charge in [0.1, 0.15) is 0 Å². The summed E-state index contributed by atoms with van der Waals surface area (Å²) in [5, 5.41) is 4.46. The van der Waals surface area contributed by atoms with Crippen LogP contribution in [-0.2, 0) is 21.5 Å². The fourth-order valence-electron chi connectivity index (χ4n) is 2.57. The highest BCUT2D eigenvalue weighted by molar-refractivity contribution is 7.10. The Morgan fingerprint density at radius 3 is 2.58 bits per heavy atom. The lowest BCUT2D eigenvalue weighted by Crippen LogP contribution is -2.52. The molecule has 3 N–H and O–H groups in total. The van der Waals surface area contributed by atoms with Crippen molar-refractivity contribution in [2.45, 2.75) is 18.4 Å². The number of primary amides is 1. The first-order valence-electron chi connectivity index (χ1n) is 7.33. The van der Waals surface area contributed by atoms with E-state index in [0.717, 1.165) is 5.56 Å². The highest BCUT2D eigenvalue weighted by Crippen LogP contribution is 2.32. The highest BCUT2D eigenvalue weighted by atomic mass is 32.1. The monoisotopic (exact) mass is 348 g/mol. The first-order valence-corrected chi connectivity index (χ1v) is 8.21. The number of nitrogens with two attached hydrogens (primary N) is 1. The average Bonchev–Trinajstić information content (AvgIpc) is 3.13. The molecule has 1 aromatic carbocycles. The molecule has 0 spiro atoms. The Morgan fingerprint density at radius 1 is 1.29 bits per heavy atom. The van der Waals surface area contributed by atoms with Crippen molar-refractivity contribution in [2.24, 2.45) is 5.73 Å². The number of thiophene rings is 1. The van der Waals surface area contributed by atoms with Crippen molar-refractivity contribution >= 4 is 23.7 Å². The predicted molar refractivity (Wildman–Crippen MR) is 92.3 cm³/mol. The lowest BCUT2D eigenvalue weighted by atomic mass is 9.88. The van der Waals surface area contributed by atoms with Crippen LogP contribution in [0.15, 0.2) is 35.7 Å². The van der Waals surface area contributed by atoms with Gasteiger partial charge in [-0.05, 0) is 42.0 Å². The largest absolute Gasteiger partial charge is 0.493 e. The van der Waals surface area contributed by atoms with Crippen LogP contribution in [0.2, 0.25) is 0 Å². The average molecular weight is 348 g/mol. The van der Waals surface area contributed by atoms with Crippen molar-refractivity contribution in [1.82, 2.24) is 5.32 Å². The third-order valence-corrected chi connectivity index (χ3v) is 4.94. The second-order valence-electron chi connectivity index (χ2n) is 5.20. The Morgan fingerprint density at radius 2 is 2.04 bits per heavy atom. The molecule has 0 bridgehead atoms. The third kappa shape index (κ3) is 3.51. The fourth-order valence-corrected chi connectivity index (χ4v) is 3.50. The Bertz CT molecular complexity index is 703. The second-order valence-corrected chi connectivity index (χ2v) is 6.15. The van der Waals surface area contributed by atoms with Gasteiger partial charge in [-0.15, -0.1) is 11.3 Å². The molecule has 7 heteroatoms. The molecule has 0 radical (unpaired) electrons. The van der Waals surface area contributed by atoms with Gasteiger partial charge in [-0.1, -0.05) is 12.1 Å². The molecule has 1 atom stereocenters. The summed E-state index contributed by atoms with van der Waals surface area (Å²) in [4.78, 5) is 23.9. The summed E-state index contributed by atoms with van der Waals surface area (Å²) in [7, 11) is 3.13. The van der Waals surface area contributed by atoms with Crippen LogP contribution in [0.25, 0.3) is 0 Å². The van der Waals surface area contributed by atoms with E-state index in [1.54, 1.807) is 26.4 Å². The SMILES string of the molecule is COc1ccc(CCC(NC=O)(C(N)=O)c2cccs2)cc1OC. The third-order valence-electron chi connectivity index (χ3n) is 3.90. The standard InChI is InChI=1S/C17H20N2O4S/c1-22-13-6-5-12(10-14(13)23-2)7-8-17(16(18)21,19-11-20)15-4-3-9-24-15/h3-6,9-11H,7-8H2,1-2H3,(H2,18,21)(H,19,20). The van der Waals surface area contributed by atoms with Gasteiger partial charge in [-0.25, -0.2) is 0 Å². The number of rotatable bonds is 9. The molecule has 0 aliphatic rings. The Labute approximate surface area is 144 Å². The van der Waals surface area contributed by atoms with Gasteiger partial charge < -0.3 is 20.5 Å². The number of amides is 2. The number of aryl methyl sites for hydroxylation is 1. The van der Waals surface area contributed by atoms with Crippen LogP contribution in [0.4, 0.5) is 0 Å². The van der Waals surface area contributed by atoms with Crippen LogP contribution in [0.5, 0.6) is 11.5 Å². The maximum atomic E-state index is 12.1. The summed E-state index contributed by atoms with van der Waals surface area (Å²) in [5.74, 6) is 0.656. The normalized spacial score (nSPS) is 12.9. The quantitative estimate of drug-likeness (QED) is 0.676. The molecule has 1 unspecified atom stereocenters. The summed E-state index contributed by atoms with van der Waals surface area (Å²) in [5.41, 5.74) is 5.34. The molecule has 2 aromatic rings. The van der Waals surface area contributed by atoms with Crippen molar-refractivity contribution in [3.05, 3.63) is 46.2 Å². The van der Waals surface area contributed by atoms with E-state index in [-0.39, 0.29) is 0 Å². The molecule has 2 amide bonds. The minimum absolute atomic E-state index is 0.344. The second kappa shape index (κ2) is 7.83. The predicted octanol–water partition coefficient (Wildman–Crippen LogP) is 1.82. The summed E-state index contributed by atoms with van der Waals surface area (Å²) >= 11 is 1.38. The first kappa shape index (κ1) is 17.8. The molecule has 0 aliphatic heterocycles. The molecule has 0 saturated carbocycles. The number of nitrogens with one attached hydrogen (secondary N) is 1. The summed E-state index contributed by atoms with van der Waals surface area (Å²) < 4.78 is 10.5. The van der Waals surface area contributed by atoms with Crippen LogP contribution in [0.1, 0.15) is 16.9 Å². The lowest BCUT2D eigenvalue weighted by Gasteiger charge is -2.29. The number of benzene rings is 1. The molecular weight excluding hydrogens is 328 g/mol. The zero-order chi connectivity index (χ0) is 17.6.